The van der Waals surface area contributed by atoms with E-state index in [4.69, 9.17) is 15.2 Å². The fraction of sp³-hybridized carbons (Fsp3) is 0.632. The van der Waals surface area contributed by atoms with E-state index in [0.717, 1.165) is 31.4 Å². The van der Waals surface area contributed by atoms with Crippen LogP contribution in [0.1, 0.15) is 44.8 Å². The lowest BCUT2D eigenvalue weighted by Crippen LogP contribution is -2.59. The van der Waals surface area contributed by atoms with Crippen LogP contribution in [0.25, 0.3) is 0 Å². The van der Waals surface area contributed by atoms with Gasteiger partial charge in [0.15, 0.2) is 0 Å². The van der Waals surface area contributed by atoms with Gasteiger partial charge >= 0.3 is 0 Å². The Hall–Kier alpha value is -1.79. The number of benzene rings is 1. The van der Waals surface area contributed by atoms with Crippen LogP contribution >= 0.6 is 0 Å². The number of rotatable bonds is 2. The Kier molecular flexibility index (Phi) is 3.92. The highest BCUT2D eigenvalue weighted by Gasteiger charge is 2.52. The molecule has 0 aromatic heterocycles. The summed E-state index contributed by atoms with van der Waals surface area (Å²) in [4.78, 5) is 13.6. The number of primary amides is 1. The van der Waals surface area contributed by atoms with E-state index in [-0.39, 0.29) is 42.4 Å². The third-order valence-electron chi connectivity index (χ3n) is 5.94. The van der Waals surface area contributed by atoms with Gasteiger partial charge in [-0.3, -0.25) is 9.69 Å². The molecule has 136 valence electrons. The van der Waals surface area contributed by atoms with Crippen LogP contribution in [0.3, 0.4) is 0 Å². The van der Waals surface area contributed by atoms with Crippen LogP contribution in [0.15, 0.2) is 18.2 Å². The van der Waals surface area contributed by atoms with Crippen molar-refractivity contribution in [1.29, 1.82) is 0 Å². The smallest absolute Gasteiger partial charge is 0.231 e. The number of phenols is 1. The zero-order chi connectivity index (χ0) is 17.8. The first-order valence-corrected chi connectivity index (χ1v) is 9.05. The largest absolute Gasteiger partial charge is 0.508 e. The van der Waals surface area contributed by atoms with Crippen molar-refractivity contribution in [1.82, 2.24) is 4.90 Å². The summed E-state index contributed by atoms with van der Waals surface area (Å²) >= 11 is 0. The number of hydrogen-bond donors (Lipinski definition) is 2. The number of carbonyl (C=O) groups is 1. The van der Waals surface area contributed by atoms with Crippen LogP contribution in [0.4, 0.5) is 0 Å². The van der Waals surface area contributed by atoms with Gasteiger partial charge < -0.3 is 20.3 Å². The highest BCUT2D eigenvalue weighted by molar-refractivity contribution is 5.76. The SMILES string of the molecule is CC1(C)Oc2cc(O)ccc2[C@H]2O[C@H]3CCCN(CC(N)=O)[C@H]3C[C@@H]21. The molecule has 3 N–H and O–H groups in total. The van der Waals surface area contributed by atoms with E-state index in [1.165, 1.54) is 0 Å². The first kappa shape index (κ1) is 16.7. The summed E-state index contributed by atoms with van der Waals surface area (Å²) in [5.74, 6) is 0.795. The molecule has 0 spiro atoms. The fourth-order valence-corrected chi connectivity index (χ4v) is 4.76. The minimum atomic E-state index is -0.410. The lowest BCUT2D eigenvalue weighted by Gasteiger charge is -2.54. The molecule has 1 aromatic rings. The number of nitrogens with zero attached hydrogens (tertiary/aromatic N) is 1. The van der Waals surface area contributed by atoms with Crippen molar-refractivity contribution in [3.05, 3.63) is 23.8 Å². The van der Waals surface area contributed by atoms with Crippen molar-refractivity contribution in [2.75, 3.05) is 13.1 Å². The molecule has 3 aliphatic heterocycles. The number of phenolic OH excluding ortho intramolecular Hbond substituents is 1. The number of ether oxygens (including phenoxy) is 2. The van der Waals surface area contributed by atoms with Gasteiger partial charge in [-0.2, -0.15) is 0 Å². The molecule has 4 atom stereocenters. The molecular weight excluding hydrogens is 320 g/mol. The molecular formula is C19H26N2O4. The molecule has 0 saturated carbocycles. The maximum absolute atomic E-state index is 11.4. The summed E-state index contributed by atoms with van der Waals surface area (Å²) in [6.45, 7) is 5.31. The summed E-state index contributed by atoms with van der Waals surface area (Å²) < 4.78 is 12.8. The van der Waals surface area contributed by atoms with E-state index in [0.29, 0.717) is 5.75 Å². The third-order valence-corrected chi connectivity index (χ3v) is 5.94. The first-order chi connectivity index (χ1) is 11.8. The van der Waals surface area contributed by atoms with Crippen molar-refractivity contribution in [2.45, 2.75) is 57.0 Å². The standard InChI is InChI=1S/C19H26N2O4/c1-19(2)13-9-14-15(4-3-7-21(14)10-17(20)23)24-18(13)12-6-5-11(22)8-16(12)25-19/h5-6,8,13-15,18,22H,3-4,7,9-10H2,1-2H3,(H2,20,23)/t13-,14-,15-,18+/m0/s1. The molecule has 0 aliphatic carbocycles. The van der Waals surface area contributed by atoms with Crippen LogP contribution in [0.2, 0.25) is 0 Å². The molecule has 0 radical (unpaired) electrons. The van der Waals surface area contributed by atoms with Gasteiger partial charge in [-0.15, -0.1) is 0 Å². The van der Waals surface area contributed by atoms with Crippen molar-refractivity contribution in [2.24, 2.45) is 11.7 Å². The molecule has 1 amide bonds. The van der Waals surface area contributed by atoms with Gasteiger partial charge in [0, 0.05) is 23.6 Å². The van der Waals surface area contributed by atoms with Gasteiger partial charge in [0.25, 0.3) is 0 Å². The van der Waals surface area contributed by atoms with Gasteiger partial charge in [0.1, 0.15) is 17.1 Å². The molecule has 6 nitrogen and oxygen atoms in total. The van der Waals surface area contributed by atoms with Gasteiger partial charge in [-0.05, 0) is 51.8 Å². The molecule has 4 rings (SSSR count). The average molecular weight is 346 g/mol. The lowest BCUT2D eigenvalue weighted by molar-refractivity contribution is -0.189. The van der Waals surface area contributed by atoms with Crippen LogP contribution < -0.4 is 10.5 Å². The quantitative estimate of drug-likeness (QED) is 0.855. The Balaban J connectivity index is 1.67. The predicted octanol–water partition coefficient (Wildman–Crippen LogP) is 1.96. The number of aromatic hydroxyl groups is 1. The molecule has 1 aromatic carbocycles. The van der Waals surface area contributed by atoms with Crippen LogP contribution in [-0.4, -0.2) is 46.7 Å². The molecule has 0 bridgehead atoms. The van der Waals surface area contributed by atoms with E-state index < -0.39 is 5.60 Å². The zero-order valence-corrected chi connectivity index (χ0v) is 14.8. The summed E-state index contributed by atoms with van der Waals surface area (Å²) in [6.07, 6.45) is 2.97. The summed E-state index contributed by atoms with van der Waals surface area (Å²) in [6, 6.07) is 5.46. The van der Waals surface area contributed by atoms with E-state index in [1.54, 1.807) is 12.1 Å². The summed E-state index contributed by atoms with van der Waals surface area (Å²) in [5, 5.41) is 9.79. The highest BCUT2D eigenvalue weighted by Crippen LogP contribution is 2.52. The second-order valence-electron chi connectivity index (χ2n) is 8.01. The Bertz CT molecular complexity index is 690. The van der Waals surface area contributed by atoms with Gasteiger partial charge in [-0.25, -0.2) is 0 Å². The molecule has 2 saturated heterocycles. The van der Waals surface area contributed by atoms with Gasteiger partial charge in [0.2, 0.25) is 5.91 Å². The third kappa shape index (κ3) is 2.87. The van der Waals surface area contributed by atoms with Crippen molar-refractivity contribution in [3.8, 4) is 11.5 Å². The van der Waals surface area contributed by atoms with Crippen LogP contribution in [0, 0.1) is 5.92 Å². The monoisotopic (exact) mass is 346 g/mol. The number of hydrogen-bond acceptors (Lipinski definition) is 5. The molecule has 6 heteroatoms. The Morgan fingerprint density at radius 1 is 1.44 bits per heavy atom. The average Bonchev–Trinajstić information content (AvgIpc) is 2.52. The van der Waals surface area contributed by atoms with Crippen LogP contribution in [0.5, 0.6) is 11.5 Å². The van der Waals surface area contributed by atoms with E-state index in [2.05, 4.69) is 18.7 Å². The van der Waals surface area contributed by atoms with E-state index >= 15 is 0 Å². The molecule has 3 aliphatic rings. The van der Waals surface area contributed by atoms with Crippen molar-refractivity contribution < 1.29 is 19.4 Å². The first-order valence-electron chi connectivity index (χ1n) is 9.05. The number of piperidine rings is 1. The maximum atomic E-state index is 11.4. The lowest BCUT2D eigenvalue weighted by atomic mass is 9.72. The fourth-order valence-electron chi connectivity index (χ4n) is 4.76. The van der Waals surface area contributed by atoms with Gasteiger partial charge in [0.05, 0.1) is 18.8 Å². The Morgan fingerprint density at radius 2 is 2.24 bits per heavy atom. The zero-order valence-electron chi connectivity index (χ0n) is 14.8. The molecule has 3 heterocycles. The molecule has 2 fully saturated rings. The minimum absolute atomic E-state index is 0.0471. The topological polar surface area (TPSA) is 85.0 Å². The van der Waals surface area contributed by atoms with Crippen LogP contribution in [-0.2, 0) is 9.53 Å². The number of carbonyl (C=O) groups excluding carboxylic acids is 1. The number of fused-ring (bicyclic) bond motifs is 4. The molecule has 0 unspecified atom stereocenters. The van der Waals surface area contributed by atoms with Crippen molar-refractivity contribution >= 4 is 5.91 Å². The normalized spacial score (nSPS) is 33.5. The maximum Gasteiger partial charge on any atom is 0.231 e. The van der Waals surface area contributed by atoms with E-state index in [1.807, 2.05) is 6.07 Å². The second-order valence-corrected chi connectivity index (χ2v) is 8.01. The van der Waals surface area contributed by atoms with Crippen molar-refractivity contribution in [3.63, 3.8) is 0 Å². The summed E-state index contributed by atoms with van der Waals surface area (Å²) in [7, 11) is 0. The number of nitrogens with two attached hydrogens (primary N) is 1. The summed E-state index contributed by atoms with van der Waals surface area (Å²) in [5.41, 5.74) is 6.03. The van der Waals surface area contributed by atoms with Gasteiger partial charge in [-0.1, -0.05) is 0 Å². The number of amides is 1. The Morgan fingerprint density at radius 3 is 3.00 bits per heavy atom. The number of likely N-dealkylation sites (tertiary alicyclic amines) is 1. The van der Waals surface area contributed by atoms with E-state index in [9.17, 15) is 9.90 Å². The molecule has 25 heavy (non-hydrogen) atoms. The Labute approximate surface area is 147 Å². The minimum Gasteiger partial charge on any atom is -0.508 e. The highest BCUT2D eigenvalue weighted by atomic mass is 16.5. The predicted molar refractivity (Wildman–Crippen MR) is 92.3 cm³/mol. The second kappa shape index (κ2) is 5.88.